The Bertz CT molecular complexity index is 340. The standard InChI is InChI=1S/C16H28N2O/c1-13(2)18(10-11-19)12-14(3)16(17-4)15-8-6-5-7-9-15/h5-9,13-14,16-17,19H,10-12H2,1-4H3. The van der Waals surface area contributed by atoms with E-state index in [4.69, 9.17) is 5.11 Å². The average Bonchev–Trinajstić information content (AvgIpc) is 2.40. The van der Waals surface area contributed by atoms with Crippen molar-refractivity contribution < 1.29 is 5.11 Å². The minimum Gasteiger partial charge on any atom is -0.395 e. The summed E-state index contributed by atoms with van der Waals surface area (Å²) < 4.78 is 0. The molecular formula is C16H28N2O. The van der Waals surface area contributed by atoms with Gasteiger partial charge in [0.2, 0.25) is 0 Å². The molecule has 0 heterocycles. The zero-order valence-corrected chi connectivity index (χ0v) is 12.6. The first-order valence-electron chi connectivity index (χ1n) is 7.17. The predicted octanol–water partition coefficient (Wildman–Crippen LogP) is 2.29. The van der Waals surface area contributed by atoms with E-state index in [2.05, 4.69) is 55.3 Å². The fourth-order valence-electron chi connectivity index (χ4n) is 2.60. The molecule has 1 rings (SSSR count). The summed E-state index contributed by atoms with van der Waals surface area (Å²) in [5.74, 6) is 0.487. The topological polar surface area (TPSA) is 35.5 Å². The van der Waals surface area contributed by atoms with Crippen LogP contribution < -0.4 is 5.32 Å². The van der Waals surface area contributed by atoms with E-state index in [1.54, 1.807) is 0 Å². The van der Waals surface area contributed by atoms with Crippen molar-refractivity contribution in [2.24, 2.45) is 5.92 Å². The van der Waals surface area contributed by atoms with Crippen LogP contribution in [0, 0.1) is 5.92 Å². The second-order valence-electron chi connectivity index (χ2n) is 5.47. The largest absolute Gasteiger partial charge is 0.395 e. The van der Waals surface area contributed by atoms with Crippen molar-refractivity contribution in [1.82, 2.24) is 10.2 Å². The van der Waals surface area contributed by atoms with Crippen LogP contribution in [0.5, 0.6) is 0 Å². The van der Waals surface area contributed by atoms with Gasteiger partial charge in [0.1, 0.15) is 0 Å². The summed E-state index contributed by atoms with van der Waals surface area (Å²) in [6.45, 7) is 8.58. The Labute approximate surface area is 117 Å². The molecule has 0 aliphatic carbocycles. The molecule has 1 aromatic carbocycles. The Hall–Kier alpha value is -0.900. The van der Waals surface area contributed by atoms with E-state index in [1.165, 1.54) is 5.56 Å². The maximum absolute atomic E-state index is 9.15. The Kier molecular flexibility index (Phi) is 7.06. The van der Waals surface area contributed by atoms with E-state index in [0.717, 1.165) is 13.1 Å². The molecule has 0 aliphatic heterocycles. The second kappa shape index (κ2) is 8.31. The Morgan fingerprint density at radius 3 is 2.26 bits per heavy atom. The molecule has 3 nitrogen and oxygen atoms in total. The van der Waals surface area contributed by atoms with Gasteiger partial charge in [-0.2, -0.15) is 0 Å². The molecular weight excluding hydrogens is 236 g/mol. The summed E-state index contributed by atoms with van der Waals surface area (Å²) in [4.78, 5) is 2.33. The number of aliphatic hydroxyl groups is 1. The van der Waals surface area contributed by atoms with E-state index in [-0.39, 0.29) is 6.61 Å². The molecule has 1 aromatic rings. The molecule has 0 aromatic heterocycles. The van der Waals surface area contributed by atoms with Crippen LogP contribution in [0.3, 0.4) is 0 Å². The quantitative estimate of drug-likeness (QED) is 0.756. The lowest BCUT2D eigenvalue weighted by Crippen LogP contribution is -2.40. The molecule has 0 saturated heterocycles. The predicted molar refractivity (Wildman–Crippen MR) is 81.2 cm³/mol. The third-order valence-electron chi connectivity index (χ3n) is 3.68. The van der Waals surface area contributed by atoms with Gasteiger partial charge in [0.15, 0.2) is 0 Å². The summed E-state index contributed by atoms with van der Waals surface area (Å²) in [7, 11) is 2.01. The van der Waals surface area contributed by atoms with E-state index in [9.17, 15) is 0 Å². The van der Waals surface area contributed by atoms with E-state index in [1.807, 2.05) is 13.1 Å². The van der Waals surface area contributed by atoms with Gasteiger partial charge in [-0.15, -0.1) is 0 Å². The summed E-state index contributed by atoms with van der Waals surface area (Å²) in [5.41, 5.74) is 1.32. The molecule has 2 N–H and O–H groups in total. The maximum Gasteiger partial charge on any atom is 0.0558 e. The van der Waals surface area contributed by atoms with Gasteiger partial charge in [0, 0.05) is 25.2 Å². The second-order valence-corrected chi connectivity index (χ2v) is 5.47. The summed E-state index contributed by atoms with van der Waals surface area (Å²) in [6.07, 6.45) is 0. The van der Waals surface area contributed by atoms with Gasteiger partial charge in [0.25, 0.3) is 0 Å². The summed E-state index contributed by atoms with van der Waals surface area (Å²) >= 11 is 0. The number of aliphatic hydroxyl groups excluding tert-OH is 1. The molecule has 108 valence electrons. The molecule has 0 amide bonds. The van der Waals surface area contributed by atoms with Gasteiger partial charge < -0.3 is 10.4 Å². The Morgan fingerprint density at radius 1 is 1.16 bits per heavy atom. The lowest BCUT2D eigenvalue weighted by Gasteiger charge is -2.32. The highest BCUT2D eigenvalue weighted by Gasteiger charge is 2.21. The van der Waals surface area contributed by atoms with Gasteiger partial charge in [0.05, 0.1) is 6.61 Å². The Morgan fingerprint density at radius 2 is 1.79 bits per heavy atom. The average molecular weight is 264 g/mol. The highest BCUT2D eigenvalue weighted by molar-refractivity contribution is 5.19. The van der Waals surface area contributed by atoms with Gasteiger partial charge in [-0.25, -0.2) is 0 Å². The number of hydrogen-bond donors (Lipinski definition) is 2. The van der Waals surface area contributed by atoms with Crippen LogP contribution >= 0.6 is 0 Å². The van der Waals surface area contributed by atoms with Crippen molar-refractivity contribution in [3.05, 3.63) is 35.9 Å². The summed E-state index contributed by atoms with van der Waals surface area (Å²) in [5, 5.41) is 12.6. The molecule has 0 fully saturated rings. The fraction of sp³-hybridized carbons (Fsp3) is 0.625. The molecule has 0 bridgehead atoms. The molecule has 0 saturated carbocycles. The lowest BCUT2D eigenvalue weighted by atomic mass is 9.94. The number of nitrogens with zero attached hydrogens (tertiary/aromatic N) is 1. The third kappa shape index (κ3) is 4.94. The number of hydrogen-bond acceptors (Lipinski definition) is 3. The van der Waals surface area contributed by atoms with Crippen LogP contribution in [0.15, 0.2) is 30.3 Å². The van der Waals surface area contributed by atoms with E-state index >= 15 is 0 Å². The molecule has 0 spiro atoms. The SMILES string of the molecule is CNC(c1ccccc1)C(C)CN(CCO)C(C)C. The zero-order valence-electron chi connectivity index (χ0n) is 12.6. The van der Waals surface area contributed by atoms with E-state index < -0.39 is 0 Å². The van der Waals surface area contributed by atoms with Gasteiger partial charge in [-0.05, 0) is 32.4 Å². The number of benzene rings is 1. The Balaban J connectivity index is 2.70. The van der Waals surface area contributed by atoms with Crippen LogP contribution in [0.25, 0.3) is 0 Å². The van der Waals surface area contributed by atoms with Crippen molar-refractivity contribution in [2.75, 3.05) is 26.7 Å². The van der Waals surface area contributed by atoms with Gasteiger partial charge in [-0.1, -0.05) is 37.3 Å². The molecule has 0 aliphatic rings. The minimum atomic E-state index is 0.223. The molecule has 2 unspecified atom stereocenters. The number of rotatable bonds is 8. The van der Waals surface area contributed by atoms with Crippen molar-refractivity contribution in [3.8, 4) is 0 Å². The summed E-state index contributed by atoms with van der Waals surface area (Å²) in [6, 6.07) is 11.4. The molecule has 0 radical (unpaired) electrons. The minimum absolute atomic E-state index is 0.223. The highest BCUT2D eigenvalue weighted by Crippen LogP contribution is 2.22. The van der Waals surface area contributed by atoms with Crippen LogP contribution in [-0.4, -0.2) is 42.8 Å². The van der Waals surface area contributed by atoms with E-state index in [0.29, 0.717) is 18.0 Å². The first-order chi connectivity index (χ1) is 9.10. The maximum atomic E-state index is 9.15. The first kappa shape index (κ1) is 16.2. The lowest BCUT2D eigenvalue weighted by molar-refractivity contribution is 0.138. The normalized spacial score (nSPS) is 14.9. The number of nitrogens with one attached hydrogen (secondary N) is 1. The van der Waals surface area contributed by atoms with Crippen molar-refractivity contribution >= 4 is 0 Å². The third-order valence-corrected chi connectivity index (χ3v) is 3.68. The van der Waals surface area contributed by atoms with Crippen LogP contribution in [0.2, 0.25) is 0 Å². The fourth-order valence-corrected chi connectivity index (χ4v) is 2.60. The van der Waals surface area contributed by atoms with Crippen LogP contribution in [0.1, 0.15) is 32.4 Å². The van der Waals surface area contributed by atoms with Crippen molar-refractivity contribution in [1.29, 1.82) is 0 Å². The monoisotopic (exact) mass is 264 g/mol. The molecule has 19 heavy (non-hydrogen) atoms. The zero-order chi connectivity index (χ0) is 14.3. The first-order valence-corrected chi connectivity index (χ1v) is 7.17. The van der Waals surface area contributed by atoms with Crippen LogP contribution in [0.4, 0.5) is 0 Å². The van der Waals surface area contributed by atoms with Gasteiger partial charge >= 0.3 is 0 Å². The van der Waals surface area contributed by atoms with Crippen molar-refractivity contribution in [3.63, 3.8) is 0 Å². The van der Waals surface area contributed by atoms with Crippen molar-refractivity contribution in [2.45, 2.75) is 32.9 Å². The molecule has 3 heteroatoms. The molecule has 2 atom stereocenters. The smallest absolute Gasteiger partial charge is 0.0558 e. The van der Waals surface area contributed by atoms with Crippen LogP contribution in [-0.2, 0) is 0 Å². The van der Waals surface area contributed by atoms with Gasteiger partial charge in [-0.3, -0.25) is 4.90 Å². The highest BCUT2D eigenvalue weighted by atomic mass is 16.3.